The van der Waals surface area contributed by atoms with Crippen molar-refractivity contribution in [1.29, 1.82) is 0 Å². The Hall–Kier alpha value is -3.44. The Bertz CT molecular complexity index is 1120. The van der Waals surface area contributed by atoms with Gasteiger partial charge in [0.15, 0.2) is 0 Å². The molecule has 0 aliphatic rings. The van der Waals surface area contributed by atoms with Crippen molar-refractivity contribution >= 4 is 34.6 Å². The number of nitrogens with one attached hydrogen (secondary N) is 4. The lowest BCUT2D eigenvalue weighted by molar-refractivity contribution is -0.142. The number of hydrogen-bond donors (Lipinski definition) is 7. The molecule has 7 atom stereocenters. The minimum absolute atomic E-state index is 0.0338. The van der Waals surface area contributed by atoms with E-state index < -0.39 is 54.0 Å². The fourth-order valence-electron chi connectivity index (χ4n) is 4.09. The van der Waals surface area contributed by atoms with Crippen LogP contribution in [-0.4, -0.2) is 69.2 Å². The van der Waals surface area contributed by atoms with Gasteiger partial charge in [0.05, 0.1) is 12.1 Å². The van der Waals surface area contributed by atoms with E-state index in [1.807, 2.05) is 38.1 Å². The van der Waals surface area contributed by atoms with Gasteiger partial charge in [-0.1, -0.05) is 58.7 Å². The SMILES string of the molecule is CCC(C)C(N)C(=O)NC(C(=O)NC(C(=O)NC(Cc1c[nH]c2ccccc12)C(=O)O)C(C)CC)C(C)O. The van der Waals surface area contributed by atoms with Gasteiger partial charge in [-0.25, -0.2) is 4.79 Å². The third-order valence-corrected chi connectivity index (χ3v) is 7.13. The summed E-state index contributed by atoms with van der Waals surface area (Å²) in [6.07, 6.45) is 1.63. The van der Waals surface area contributed by atoms with E-state index in [2.05, 4.69) is 20.9 Å². The van der Waals surface area contributed by atoms with E-state index >= 15 is 0 Å². The van der Waals surface area contributed by atoms with Crippen molar-refractivity contribution in [2.24, 2.45) is 17.6 Å². The van der Waals surface area contributed by atoms with Crippen LogP contribution >= 0.6 is 0 Å². The number of fused-ring (bicyclic) bond motifs is 1. The lowest BCUT2D eigenvalue weighted by Crippen LogP contribution is -2.61. The average molecular weight is 532 g/mol. The number of H-pyrrole nitrogens is 1. The second-order valence-electron chi connectivity index (χ2n) is 9.97. The van der Waals surface area contributed by atoms with Crippen LogP contribution in [0, 0.1) is 11.8 Å². The number of aliphatic carboxylic acids is 1. The maximum Gasteiger partial charge on any atom is 0.326 e. The van der Waals surface area contributed by atoms with Crippen molar-refractivity contribution in [3.8, 4) is 0 Å². The van der Waals surface area contributed by atoms with Crippen LogP contribution in [0.2, 0.25) is 0 Å². The smallest absolute Gasteiger partial charge is 0.326 e. The number of hydrogen-bond acceptors (Lipinski definition) is 6. The van der Waals surface area contributed by atoms with E-state index in [0.29, 0.717) is 12.8 Å². The average Bonchev–Trinajstić information content (AvgIpc) is 3.30. The Morgan fingerprint density at radius 2 is 1.47 bits per heavy atom. The van der Waals surface area contributed by atoms with Gasteiger partial charge in [-0.2, -0.15) is 0 Å². The van der Waals surface area contributed by atoms with Gasteiger partial charge in [-0.15, -0.1) is 0 Å². The van der Waals surface area contributed by atoms with Crippen LogP contribution in [0.4, 0.5) is 0 Å². The predicted octanol–water partition coefficient (Wildman–Crippen LogP) is 1.05. The fraction of sp³-hybridized carbons (Fsp3) is 0.556. The van der Waals surface area contributed by atoms with Crippen LogP contribution in [0.15, 0.2) is 30.5 Å². The minimum atomic E-state index is -1.35. The summed E-state index contributed by atoms with van der Waals surface area (Å²) >= 11 is 0. The van der Waals surface area contributed by atoms with Crippen molar-refractivity contribution in [1.82, 2.24) is 20.9 Å². The van der Waals surface area contributed by atoms with Crippen LogP contribution in [0.3, 0.4) is 0 Å². The Morgan fingerprint density at radius 1 is 0.895 bits per heavy atom. The lowest BCUT2D eigenvalue weighted by atomic mass is 9.96. The molecule has 3 amide bonds. The number of aromatic amines is 1. The molecule has 2 rings (SSSR count). The number of carbonyl (C=O) groups is 4. The van der Waals surface area contributed by atoms with E-state index in [-0.39, 0.29) is 18.3 Å². The summed E-state index contributed by atoms with van der Waals surface area (Å²) in [4.78, 5) is 54.1. The molecule has 2 aromatic rings. The molecule has 0 saturated carbocycles. The van der Waals surface area contributed by atoms with Gasteiger partial charge in [0.2, 0.25) is 17.7 Å². The number of para-hydroxylation sites is 1. The number of benzene rings is 1. The second kappa shape index (κ2) is 13.9. The van der Waals surface area contributed by atoms with E-state index in [9.17, 15) is 29.4 Å². The van der Waals surface area contributed by atoms with Crippen molar-refractivity contribution in [2.45, 2.75) is 84.2 Å². The largest absolute Gasteiger partial charge is 0.480 e. The van der Waals surface area contributed by atoms with Gasteiger partial charge in [-0.05, 0) is 30.4 Å². The van der Waals surface area contributed by atoms with Crippen molar-refractivity contribution in [3.63, 3.8) is 0 Å². The molecule has 1 aromatic carbocycles. The van der Waals surface area contributed by atoms with E-state index in [1.165, 1.54) is 6.92 Å². The number of carboxylic acids is 1. The third-order valence-electron chi connectivity index (χ3n) is 7.13. The van der Waals surface area contributed by atoms with Gasteiger partial charge >= 0.3 is 5.97 Å². The number of rotatable bonds is 14. The number of aliphatic hydroxyl groups excluding tert-OH is 1. The lowest BCUT2D eigenvalue weighted by Gasteiger charge is -2.29. The minimum Gasteiger partial charge on any atom is -0.480 e. The summed E-state index contributed by atoms with van der Waals surface area (Å²) in [5, 5.41) is 28.5. The van der Waals surface area contributed by atoms with Gasteiger partial charge in [-0.3, -0.25) is 14.4 Å². The van der Waals surface area contributed by atoms with Gasteiger partial charge in [0.25, 0.3) is 0 Å². The first-order valence-electron chi connectivity index (χ1n) is 13.0. The summed E-state index contributed by atoms with van der Waals surface area (Å²) in [6, 6.07) is 2.87. The van der Waals surface area contributed by atoms with E-state index in [1.54, 1.807) is 20.0 Å². The quantitative estimate of drug-likeness (QED) is 0.190. The summed E-state index contributed by atoms with van der Waals surface area (Å²) in [5.74, 6) is -3.76. The summed E-state index contributed by atoms with van der Waals surface area (Å²) in [5.41, 5.74) is 7.54. The molecule has 11 heteroatoms. The number of amides is 3. The third kappa shape index (κ3) is 7.78. The standard InChI is InChI=1S/C27H41N5O6/c1-6-14(3)21(28)24(34)32-23(16(5)33)26(36)31-22(15(4)7-2)25(35)30-20(27(37)38)12-17-13-29-19-11-9-8-10-18(17)19/h8-11,13-16,20-23,29,33H,6-7,12,28H2,1-5H3,(H,30,35)(H,31,36)(H,32,34)(H,37,38). The Labute approximate surface area is 222 Å². The molecule has 11 nitrogen and oxygen atoms in total. The molecule has 0 saturated heterocycles. The van der Waals surface area contributed by atoms with Gasteiger partial charge in [0, 0.05) is 23.5 Å². The Morgan fingerprint density at radius 3 is 2.05 bits per heavy atom. The van der Waals surface area contributed by atoms with Crippen molar-refractivity contribution in [2.75, 3.05) is 0 Å². The number of aliphatic hydroxyl groups is 1. The van der Waals surface area contributed by atoms with E-state index in [4.69, 9.17) is 5.73 Å². The molecule has 1 heterocycles. The summed E-state index contributed by atoms with van der Waals surface area (Å²) in [6.45, 7) is 8.61. The number of carbonyl (C=O) groups excluding carboxylic acids is 3. The highest BCUT2D eigenvalue weighted by Gasteiger charge is 2.35. The highest BCUT2D eigenvalue weighted by molar-refractivity contribution is 5.94. The van der Waals surface area contributed by atoms with Crippen LogP contribution in [0.1, 0.15) is 53.0 Å². The van der Waals surface area contributed by atoms with Crippen LogP contribution in [0.5, 0.6) is 0 Å². The monoisotopic (exact) mass is 531 g/mol. The Balaban J connectivity index is 2.19. The van der Waals surface area contributed by atoms with Crippen LogP contribution < -0.4 is 21.7 Å². The molecule has 8 N–H and O–H groups in total. The van der Waals surface area contributed by atoms with Crippen molar-refractivity contribution in [3.05, 3.63) is 36.0 Å². The first-order valence-corrected chi connectivity index (χ1v) is 13.0. The molecular weight excluding hydrogens is 490 g/mol. The van der Waals surface area contributed by atoms with Gasteiger partial charge in [0.1, 0.15) is 18.1 Å². The maximum absolute atomic E-state index is 13.3. The molecule has 38 heavy (non-hydrogen) atoms. The number of nitrogens with two attached hydrogens (primary N) is 1. The molecule has 0 fully saturated rings. The Kier molecular flexibility index (Phi) is 11.3. The number of aromatic nitrogens is 1. The number of carboxylic acid groups (broad SMARTS) is 1. The van der Waals surface area contributed by atoms with Gasteiger partial charge < -0.3 is 36.9 Å². The molecule has 0 spiro atoms. The zero-order valence-corrected chi connectivity index (χ0v) is 22.7. The normalized spacial score (nSPS) is 16.9. The molecule has 210 valence electrons. The molecule has 7 unspecified atom stereocenters. The zero-order valence-electron chi connectivity index (χ0n) is 22.7. The molecular formula is C27H41N5O6. The topological polar surface area (TPSA) is 187 Å². The predicted molar refractivity (Wildman–Crippen MR) is 144 cm³/mol. The molecule has 1 aromatic heterocycles. The first-order chi connectivity index (χ1) is 17.9. The summed E-state index contributed by atoms with van der Waals surface area (Å²) in [7, 11) is 0. The maximum atomic E-state index is 13.3. The molecule has 0 radical (unpaired) electrons. The van der Waals surface area contributed by atoms with E-state index in [0.717, 1.165) is 16.5 Å². The molecule has 0 aliphatic carbocycles. The molecule has 0 bridgehead atoms. The van der Waals surface area contributed by atoms with Crippen molar-refractivity contribution < 1.29 is 29.4 Å². The highest BCUT2D eigenvalue weighted by Crippen LogP contribution is 2.19. The zero-order chi connectivity index (χ0) is 28.6. The second-order valence-corrected chi connectivity index (χ2v) is 9.97. The summed E-state index contributed by atoms with van der Waals surface area (Å²) < 4.78 is 0. The molecule has 0 aliphatic heterocycles. The van der Waals surface area contributed by atoms with Crippen LogP contribution in [0.25, 0.3) is 10.9 Å². The first kappa shape index (κ1) is 30.8. The fourth-order valence-corrected chi connectivity index (χ4v) is 4.09. The highest BCUT2D eigenvalue weighted by atomic mass is 16.4. The van der Waals surface area contributed by atoms with Crippen LogP contribution in [-0.2, 0) is 25.6 Å².